The summed E-state index contributed by atoms with van der Waals surface area (Å²) in [6, 6.07) is 0. The Kier molecular flexibility index (Phi) is 5.18. The molecule has 0 aliphatic carbocycles. The second-order valence-corrected chi connectivity index (χ2v) is 4.11. The molecular weight excluding hydrogens is 248 g/mol. The molecule has 0 spiro atoms. The van der Waals surface area contributed by atoms with Crippen molar-refractivity contribution in [3.05, 3.63) is 22.3 Å². The van der Waals surface area contributed by atoms with E-state index in [9.17, 15) is 15.0 Å². The Morgan fingerprint density at radius 2 is 1.47 bits per heavy atom. The van der Waals surface area contributed by atoms with E-state index in [0.29, 0.717) is 30.4 Å². The van der Waals surface area contributed by atoms with Crippen LogP contribution in [0.3, 0.4) is 0 Å². The van der Waals surface area contributed by atoms with Crippen molar-refractivity contribution in [2.24, 2.45) is 0 Å². The van der Waals surface area contributed by atoms with Gasteiger partial charge < -0.3 is 10.2 Å². The molecule has 0 atom stereocenters. The van der Waals surface area contributed by atoms with Crippen molar-refractivity contribution in [3.8, 4) is 11.5 Å². The standard InChI is InChI=1S/C14H20O5/c1-5-8-9(6-2)11(14(17)19-18-4)13(16)12(15)10(8)7-3/h15-16H,5-7H2,1-4H3. The number of hydrogen-bond acceptors (Lipinski definition) is 5. The highest BCUT2D eigenvalue weighted by Crippen LogP contribution is 2.39. The van der Waals surface area contributed by atoms with Gasteiger partial charge in [0.25, 0.3) is 0 Å². The predicted molar refractivity (Wildman–Crippen MR) is 70.3 cm³/mol. The van der Waals surface area contributed by atoms with Gasteiger partial charge in [0.05, 0.1) is 7.11 Å². The van der Waals surface area contributed by atoms with Crippen molar-refractivity contribution in [1.29, 1.82) is 0 Å². The first-order valence-electron chi connectivity index (χ1n) is 6.36. The first kappa shape index (κ1) is 15.3. The molecule has 0 fully saturated rings. The molecule has 2 N–H and O–H groups in total. The number of phenolic OH excluding ortho intramolecular Hbond substituents is 2. The third-order valence-electron chi connectivity index (χ3n) is 3.20. The molecule has 106 valence electrons. The molecule has 0 heterocycles. The molecule has 0 unspecified atom stereocenters. The molecule has 19 heavy (non-hydrogen) atoms. The zero-order valence-corrected chi connectivity index (χ0v) is 11.7. The SMILES string of the molecule is CCc1c(O)c(O)c(C(=O)OOC)c(CC)c1CC. The molecule has 0 aromatic heterocycles. The van der Waals surface area contributed by atoms with Crippen LogP contribution in [0, 0.1) is 0 Å². The molecule has 0 saturated heterocycles. The Morgan fingerprint density at radius 3 is 1.89 bits per heavy atom. The summed E-state index contributed by atoms with van der Waals surface area (Å²) >= 11 is 0. The molecule has 0 aliphatic rings. The molecule has 5 nitrogen and oxygen atoms in total. The molecule has 0 bridgehead atoms. The van der Waals surface area contributed by atoms with Crippen LogP contribution in [0.4, 0.5) is 0 Å². The number of hydrogen-bond donors (Lipinski definition) is 2. The lowest BCUT2D eigenvalue weighted by Gasteiger charge is -2.18. The summed E-state index contributed by atoms with van der Waals surface area (Å²) in [5.74, 6) is -1.49. The van der Waals surface area contributed by atoms with Crippen LogP contribution in [0.15, 0.2) is 0 Å². The number of carbonyl (C=O) groups excluding carboxylic acids is 1. The van der Waals surface area contributed by atoms with E-state index >= 15 is 0 Å². The quantitative estimate of drug-likeness (QED) is 0.487. The summed E-state index contributed by atoms with van der Waals surface area (Å²) in [7, 11) is 1.21. The fourth-order valence-electron chi connectivity index (χ4n) is 2.42. The van der Waals surface area contributed by atoms with Crippen LogP contribution in [0.5, 0.6) is 11.5 Å². The maximum absolute atomic E-state index is 11.8. The topological polar surface area (TPSA) is 76.0 Å². The van der Waals surface area contributed by atoms with Gasteiger partial charge in [0.15, 0.2) is 11.5 Å². The van der Waals surface area contributed by atoms with Crippen molar-refractivity contribution in [2.75, 3.05) is 7.11 Å². The van der Waals surface area contributed by atoms with Gasteiger partial charge in [-0.25, -0.2) is 4.79 Å². The first-order valence-corrected chi connectivity index (χ1v) is 6.36. The van der Waals surface area contributed by atoms with Gasteiger partial charge in [-0.05, 0) is 30.4 Å². The Bertz CT molecular complexity index is 479. The number of rotatable bonds is 5. The van der Waals surface area contributed by atoms with E-state index in [1.54, 1.807) is 0 Å². The van der Waals surface area contributed by atoms with E-state index in [4.69, 9.17) is 0 Å². The second-order valence-electron chi connectivity index (χ2n) is 4.11. The Morgan fingerprint density at radius 1 is 0.947 bits per heavy atom. The maximum Gasteiger partial charge on any atom is 0.377 e. The Labute approximate surface area is 112 Å². The van der Waals surface area contributed by atoms with Gasteiger partial charge in [-0.2, -0.15) is 4.89 Å². The van der Waals surface area contributed by atoms with Gasteiger partial charge in [-0.3, -0.25) is 4.89 Å². The zero-order valence-electron chi connectivity index (χ0n) is 11.7. The fourth-order valence-corrected chi connectivity index (χ4v) is 2.42. The zero-order chi connectivity index (χ0) is 14.6. The molecule has 0 saturated carbocycles. The highest BCUT2D eigenvalue weighted by molar-refractivity contribution is 5.95. The molecule has 5 heteroatoms. The molecule has 1 aromatic rings. The molecule has 1 aromatic carbocycles. The second kappa shape index (κ2) is 6.43. The largest absolute Gasteiger partial charge is 0.504 e. The summed E-state index contributed by atoms with van der Waals surface area (Å²) in [5.41, 5.74) is 2.22. The summed E-state index contributed by atoms with van der Waals surface area (Å²) in [6.07, 6.45) is 1.79. The van der Waals surface area contributed by atoms with Crippen LogP contribution in [-0.4, -0.2) is 23.3 Å². The highest BCUT2D eigenvalue weighted by Gasteiger charge is 2.26. The maximum atomic E-state index is 11.8. The van der Waals surface area contributed by atoms with Crippen molar-refractivity contribution in [1.82, 2.24) is 0 Å². The lowest BCUT2D eigenvalue weighted by atomic mass is 9.89. The number of phenols is 2. The predicted octanol–water partition coefficient (Wildman–Crippen LogP) is 2.50. The minimum Gasteiger partial charge on any atom is -0.504 e. The smallest absolute Gasteiger partial charge is 0.377 e. The monoisotopic (exact) mass is 268 g/mol. The van der Waals surface area contributed by atoms with Crippen molar-refractivity contribution < 1.29 is 24.8 Å². The number of benzene rings is 1. The van der Waals surface area contributed by atoms with Gasteiger partial charge in [0.1, 0.15) is 5.56 Å². The lowest BCUT2D eigenvalue weighted by molar-refractivity contribution is -0.216. The average molecular weight is 268 g/mol. The van der Waals surface area contributed by atoms with Gasteiger partial charge >= 0.3 is 5.97 Å². The molecule has 0 aliphatic heterocycles. The van der Waals surface area contributed by atoms with Crippen LogP contribution in [0.2, 0.25) is 0 Å². The summed E-state index contributed by atoms with van der Waals surface area (Å²) in [6.45, 7) is 5.71. The van der Waals surface area contributed by atoms with Crippen LogP contribution < -0.4 is 0 Å². The van der Waals surface area contributed by atoms with E-state index in [0.717, 1.165) is 5.56 Å². The van der Waals surface area contributed by atoms with E-state index in [2.05, 4.69) is 9.78 Å². The van der Waals surface area contributed by atoms with Gasteiger partial charge in [0.2, 0.25) is 0 Å². The van der Waals surface area contributed by atoms with Crippen LogP contribution in [0.25, 0.3) is 0 Å². The third-order valence-corrected chi connectivity index (χ3v) is 3.20. The number of aromatic hydroxyl groups is 2. The van der Waals surface area contributed by atoms with E-state index < -0.39 is 11.7 Å². The lowest BCUT2D eigenvalue weighted by Crippen LogP contribution is -2.12. The Balaban J connectivity index is 3.62. The third kappa shape index (κ3) is 2.66. The van der Waals surface area contributed by atoms with Crippen LogP contribution in [0.1, 0.15) is 47.8 Å². The molecule has 0 amide bonds. The van der Waals surface area contributed by atoms with Crippen molar-refractivity contribution in [3.63, 3.8) is 0 Å². The first-order chi connectivity index (χ1) is 9.03. The summed E-state index contributed by atoms with van der Waals surface area (Å²) in [5, 5.41) is 20.1. The highest BCUT2D eigenvalue weighted by atomic mass is 17.2. The molecular formula is C14H20O5. The van der Waals surface area contributed by atoms with Gasteiger partial charge in [0, 0.05) is 5.56 Å². The molecule has 1 rings (SSSR count). The van der Waals surface area contributed by atoms with Crippen molar-refractivity contribution in [2.45, 2.75) is 40.0 Å². The van der Waals surface area contributed by atoms with Crippen LogP contribution in [-0.2, 0) is 29.0 Å². The van der Waals surface area contributed by atoms with E-state index in [1.165, 1.54) is 7.11 Å². The average Bonchev–Trinajstić information content (AvgIpc) is 2.40. The molecule has 0 radical (unpaired) electrons. The van der Waals surface area contributed by atoms with Gasteiger partial charge in [-0.15, -0.1) is 0 Å². The minimum absolute atomic E-state index is 0.0177. The fraction of sp³-hybridized carbons (Fsp3) is 0.500. The minimum atomic E-state index is -0.801. The van der Waals surface area contributed by atoms with Crippen molar-refractivity contribution >= 4 is 5.97 Å². The van der Waals surface area contributed by atoms with Crippen LogP contribution >= 0.6 is 0 Å². The Hall–Kier alpha value is -1.75. The normalized spacial score (nSPS) is 10.5. The number of carbonyl (C=O) groups is 1. The van der Waals surface area contributed by atoms with Gasteiger partial charge in [-0.1, -0.05) is 20.8 Å². The summed E-state index contributed by atoms with van der Waals surface area (Å²) < 4.78 is 0. The summed E-state index contributed by atoms with van der Waals surface area (Å²) in [4.78, 5) is 20.7. The van der Waals surface area contributed by atoms with E-state index in [1.807, 2.05) is 20.8 Å². The van der Waals surface area contributed by atoms with E-state index in [-0.39, 0.29) is 11.3 Å².